The van der Waals surface area contributed by atoms with Crippen LogP contribution in [0.15, 0.2) is 24.3 Å². The highest BCUT2D eigenvalue weighted by Gasteiger charge is 2.21. The van der Waals surface area contributed by atoms with Crippen molar-refractivity contribution in [2.45, 2.75) is 96.5 Å². The molecule has 1 atom stereocenters. The molecule has 10 heteroatoms. The van der Waals surface area contributed by atoms with Gasteiger partial charge in [-0.15, -0.1) is 0 Å². The number of hydrogen-bond acceptors (Lipinski definition) is 6. The van der Waals surface area contributed by atoms with Gasteiger partial charge in [-0.2, -0.15) is 0 Å². The van der Waals surface area contributed by atoms with Gasteiger partial charge in [0.15, 0.2) is 6.35 Å². The number of likely N-dealkylation sites (N-methyl/N-ethyl adjacent to an activating group) is 4. The zero-order chi connectivity index (χ0) is 31.9. The van der Waals surface area contributed by atoms with Gasteiger partial charge >= 0.3 is 6.03 Å². The quantitative estimate of drug-likeness (QED) is 0.243. The van der Waals surface area contributed by atoms with Crippen LogP contribution in [-0.2, 0) is 22.7 Å². The molecule has 4 amide bonds. The summed E-state index contributed by atoms with van der Waals surface area (Å²) in [6.45, 7) is 2.96. The van der Waals surface area contributed by atoms with Gasteiger partial charge in [-0.05, 0) is 55.7 Å². The van der Waals surface area contributed by atoms with Gasteiger partial charge in [-0.25, -0.2) is 4.79 Å². The molecule has 10 nitrogen and oxygen atoms in total. The number of aliphatic hydroxyl groups is 1. The van der Waals surface area contributed by atoms with E-state index in [0.717, 1.165) is 36.8 Å². The Morgan fingerprint density at radius 2 is 1.20 bits per heavy atom. The van der Waals surface area contributed by atoms with E-state index in [0.29, 0.717) is 63.9 Å². The van der Waals surface area contributed by atoms with Gasteiger partial charge in [-0.3, -0.25) is 19.8 Å². The molecule has 3 N–H and O–H groups in total. The van der Waals surface area contributed by atoms with E-state index in [-0.39, 0.29) is 17.8 Å². The number of nitrogens with one attached hydrogen (secondary N) is 2. The predicted molar refractivity (Wildman–Crippen MR) is 174 cm³/mol. The van der Waals surface area contributed by atoms with E-state index in [1.54, 1.807) is 26.6 Å². The molecule has 44 heavy (non-hydrogen) atoms. The van der Waals surface area contributed by atoms with E-state index in [4.69, 9.17) is 0 Å². The van der Waals surface area contributed by atoms with Crippen LogP contribution in [0.3, 0.4) is 0 Å². The van der Waals surface area contributed by atoms with Crippen LogP contribution in [0, 0.1) is 11.8 Å². The standard InChI is InChI=1S/C34H58N6O4/c1-37(31(41)23-27-12-7-5-8-13-27)18-20-39(3)33(43)35-25-29-16-11-17-30(22-29)26-36-34(44)40(4)21-19-38(2)32(42)24-28-14-9-6-10-15-28/h11,16-17,22,27-28,33,35,43H,5-10,12-15,18-21,23-26H2,1-4H3,(H,36,44)/t33-/m0/s1. The molecule has 248 valence electrons. The Morgan fingerprint density at radius 1 is 0.727 bits per heavy atom. The molecular weight excluding hydrogens is 556 g/mol. The van der Waals surface area contributed by atoms with E-state index < -0.39 is 6.35 Å². The fourth-order valence-electron chi connectivity index (χ4n) is 6.20. The summed E-state index contributed by atoms with van der Waals surface area (Å²) in [5, 5.41) is 16.7. The summed E-state index contributed by atoms with van der Waals surface area (Å²) in [7, 11) is 7.25. The number of carbonyl (C=O) groups excluding carboxylic acids is 3. The molecule has 0 radical (unpaired) electrons. The third-order valence-corrected chi connectivity index (χ3v) is 9.47. The Hall–Kier alpha value is -2.69. The highest BCUT2D eigenvalue weighted by Crippen LogP contribution is 2.27. The minimum atomic E-state index is -0.846. The number of nitrogens with zero attached hydrogens (tertiary/aromatic N) is 4. The van der Waals surface area contributed by atoms with Gasteiger partial charge in [-0.1, -0.05) is 62.8 Å². The Kier molecular flexibility index (Phi) is 15.4. The lowest BCUT2D eigenvalue weighted by Gasteiger charge is -2.28. The van der Waals surface area contributed by atoms with E-state index in [1.165, 1.54) is 38.5 Å². The lowest BCUT2D eigenvalue weighted by Crippen LogP contribution is -2.46. The monoisotopic (exact) mass is 614 g/mol. The fraction of sp³-hybridized carbons (Fsp3) is 0.735. The largest absolute Gasteiger partial charge is 0.365 e. The molecule has 0 spiro atoms. The predicted octanol–water partition coefficient (Wildman–Crippen LogP) is 3.98. The molecule has 2 fully saturated rings. The average Bonchev–Trinajstić information content (AvgIpc) is 3.04. The molecule has 0 bridgehead atoms. The third kappa shape index (κ3) is 12.7. The van der Waals surface area contributed by atoms with Crippen molar-refractivity contribution < 1.29 is 19.5 Å². The minimum Gasteiger partial charge on any atom is -0.365 e. The van der Waals surface area contributed by atoms with Gasteiger partial charge in [0, 0.05) is 73.3 Å². The van der Waals surface area contributed by atoms with Crippen LogP contribution < -0.4 is 10.6 Å². The molecule has 0 heterocycles. The molecule has 2 aliphatic rings. The first kappa shape index (κ1) is 35.8. The maximum Gasteiger partial charge on any atom is 0.317 e. The first-order valence-electron chi connectivity index (χ1n) is 16.8. The van der Waals surface area contributed by atoms with Crippen LogP contribution >= 0.6 is 0 Å². The average molecular weight is 615 g/mol. The second-order valence-electron chi connectivity index (χ2n) is 13.2. The summed E-state index contributed by atoms with van der Waals surface area (Å²) >= 11 is 0. The Morgan fingerprint density at radius 3 is 1.75 bits per heavy atom. The molecule has 1 aromatic carbocycles. The number of carbonyl (C=O) groups is 3. The Labute approximate surface area is 265 Å². The molecular formula is C34H58N6O4. The van der Waals surface area contributed by atoms with Crippen LogP contribution in [0.2, 0.25) is 0 Å². The summed E-state index contributed by atoms with van der Waals surface area (Å²) in [6.07, 6.45) is 12.5. The lowest BCUT2D eigenvalue weighted by atomic mass is 9.87. The fourth-order valence-corrected chi connectivity index (χ4v) is 6.20. The van der Waals surface area contributed by atoms with Crippen LogP contribution in [0.5, 0.6) is 0 Å². The van der Waals surface area contributed by atoms with Crippen molar-refractivity contribution in [3.05, 3.63) is 35.4 Å². The molecule has 0 saturated heterocycles. The molecule has 0 unspecified atom stereocenters. The first-order chi connectivity index (χ1) is 21.1. The van der Waals surface area contributed by atoms with Crippen molar-refractivity contribution in [2.24, 2.45) is 11.8 Å². The van der Waals surface area contributed by atoms with Crippen molar-refractivity contribution in [1.29, 1.82) is 0 Å². The zero-order valence-electron chi connectivity index (χ0n) is 27.7. The molecule has 0 aromatic heterocycles. The molecule has 3 rings (SSSR count). The van der Waals surface area contributed by atoms with Gasteiger partial charge in [0.05, 0.1) is 0 Å². The van der Waals surface area contributed by atoms with Crippen molar-refractivity contribution in [1.82, 2.24) is 30.2 Å². The zero-order valence-corrected chi connectivity index (χ0v) is 27.7. The summed E-state index contributed by atoms with van der Waals surface area (Å²) in [4.78, 5) is 44.8. The SMILES string of the molecule is CN(CCN(C)C(=O)NCc1cccc(CN[C@H](O)N(C)CCN(C)C(=O)CC2CCCCC2)c1)C(=O)CC1CCCCC1. The summed E-state index contributed by atoms with van der Waals surface area (Å²) in [5.41, 5.74) is 1.96. The Balaban J connectivity index is 1.32. The van der Waals surface area contributed by atoms with Crippen LogP contribution in [0.1, 0.15) is 88.2 Å². The number of rotatable bonds is 16. The van der Waals surface area contributed by atoms with Crippen LogP contribution in [0.4, 0.5) is 4.79 Å². The Bertz CT molecular complexity index is 1030. The van der Waals surface area contributed by atoms with E-state index in [1.807, 2.05) is 45.4 Å². The summed E-state index contributed by atoms with van der Waals surface area (Å²) < 4.78 is 0. The number of hydrogen-bond donors (Lipinski definition) is 3. The second-order valence-corrected chi connectivity index (χ2v) is 13.2. The highest BCUT2D eigenvalue weighted by molar-refractivity contribution is 5.77. The lowest BCUT2D eigenvalue weighted by molar-refractivity contribution is -0.132. The van der Waals surface area contributed by atoms with Gasteiger partial charge in [0.25, 0.3) is 0 Å². The number of amides is 4. The normalized spacial score (nSPS) is 16.9. The number of benzene rings is 1. The highest BCUT2D eigenvalue weighted by atomic mass is 16.3. The third-order valence-electron chi connectivity index (χ3n) is 9.47. The van der Waals surface area contributed by atoms with Gasteiger partial charge in [0.1, 0.15) is 0 Å². The van der Waals surface area contributed by atoms with Crippen molar-refractivity contribution in [3.63, 3.8) is 0 Å². The van der Waals surface area contributed by atoms with Crippen molar-refractivity contribution >= 4 is 17.8 Å². The first-order valence-corrected chi connectivity index (χ1v) is 16.8. The van der Waals surface area contributed by atoms with Crippen molar-refractivity contribution in [2.75, 3.05) is 54.4 Å². The van der Waals surface area contributed by atoms with Gasteiger partial charge < -0.3 is 25.1 Å². The number of aliphatic hydroxyl groups excluding tert-OH is 1. The molecule has 2 saturated carbocycles. The smallest absolute Gasteiger partial charge is 0.317 e. The molecule has 1 aromatic rings. The maximum absolute atomic E-state index is 12.7. The molecule has 2 aliphatic carbocycles. The second kappa shape index (κ2) is 19.0. The van der Waals surface area contributed by atoms with Gasteiger partial charge in [0.2, 0.25) is 11.8 Å². The van der Waals surface area contributed by atoms with Crippen molar-refractivity contribution in [3.8, 4) is 0 Å². The van der Waals surface area contributed by atoms with Crippen LogP contribution in [-0.4, -0.2) is 103 Å². The van der Waals surface area contributed by atoms with Crippen LogP contribution in [0.25, 0.3) is 0 Å². The van der Waals surface area contributed by atoms with E-state index in [9.17, 15) is 19.5 Å². The molecule has 0 aliphatic heterocycles. The minimum absolute atomic E-state index is 0.166. The van der Waals surface area contributed by atoms with E-state index in [2.05, 4.69) is 10.6 Å². The topological polar surface area (TPSA) is 108 Å². The maximum atomic E-state index is 12.7. The summed E-state index contributed by atoms with van der Waals surface area (Å²) in [6, 6.07) is 7.72. The summed E-state index contributed by atoms with van der Waals surface area (Å²) in [5.74, 6) is 1.39. The number of urea groups is 1. The van der Waals surface area contributed by atoms with E-state index >= 15 is 0 Å².